The van der Waals surface area contributed by atoms with E-state index >= 15 is 0 Å². The van der Waals surface area contributed by atoms with Gasteiger partial charge in [-0.15, -0.1) is 0 Å². The van der Waals surface area contributed by atoms with Gasteiger partial charge < -0.3 is 20.3 Å². The average Bonchev–Trinajstić information content (AvgIpc) is 2.49. The van der Waals surface area contributed by atoms with Crippen LogP contribution >= 0.6 is 0 Å². The highest BCUT2D eigenvalue weighted by molar-refractivity contribution is 5.97. The first-order chi connectivity index (χ1) is 9.99. The Balaban J connectivity index is 2.07. The monoisotopic (exact) mass is 293 g/mol. The predicted octanol–water partition coefficient (Wildman–Crippen LogP) is 2.57. The van der Waals surface area contributed by atoms with Gasteiger partial charge in [0.25, 0.3) is 5.91 Å². The van der Waals surface area contributed by atoms with Crippen LogP contribution in [0.15, 0.2) is 18.2 Å². The Morgan fingerprint density at radius 2 is 2.10 bits per heavy atom. The fraction of sp³-hybridized carbons (Fsp3) is 0.562. The second-order valence-electron chi connectivity index (χ2n) is 5.60. The fourth-order valence-corrected chi connectivity index (χ4v) is 2.86. The molecule has 21 heavy (non-hydrogen) atoms. The van der Waals surface area contributed by atoms with Crippen molar-refractivity contribution in [3.8, 4) is 11.5 Å². The minimum Gasteiger partial charge on any atom is -0.508 e. The molecule has 0 aromatic heterocycles. The lowest BCUT2D eigenvalue weighted by molar-refractivity contribution is -0.0917. The zero-order chi connectivity index (χ0) is 15.5. The van der Waals surface area contributed by atoms with Crippen molar-refractivity contribution < 1.29 is 19.7 Å². The van der Waals surface area contributed by atoms with Gasteiger partial charge >= 0.3 is 0 Å². The van der Waals surface area contributed by atoms with Crippen LogP contribution in [0.2, 0.25) is 0 Å². The molecule has 2 rings (SSSR count). The van der Waals surface area contributed by atoms with Gasteiger partial charge in [0.05, 0.1) is 11.2 Å². The molecule has 1 unspecified atom stereocenters. The number of hydrogen-bond acceptors (Lipinski definition) is 4. The van der Waals surface area contributed by atoms with Gasteiger partial charge in [-0.05, 0) is 43.9 Å². The molecule has 3 N–H and O–H groups in total. The highest BCUT2D eigenvalue weighted by Gasteiger charge is 2.35. The van der Waals surface area contributed by atoms with Crippen molar-refractivity contribution in [1.82, 2.24) is 5.32 Å². The fourth-order valence-electron chi connectivity index (χ4n) is 2.86. The molecule has 0 bridgehead atoms. The zero-order valence-corrected chi connectivity index (χ0v) is 12.6. The van der Waals surface area contributed by atoms with Gasteiger partial charge in [-0.1, -0.05) is 13.8 Å². The Labute approximate surface area is 124 Å². The van der Waals surface area contributed by atoms with Crippen LogP contribution in [0.5, 0.6) is 11.5 Å². The molecule has 1 heterocycles. The number of amides is 1. The molecule has 5 heteroatoms. The maximum atomic E-state index is 12.3. The van der Waals surface area contributed by atoms with Crippen molar-refractivity contribution in [2.45, 2.75) is 51.2 Å². The Kier molecular flexibility index (Phi) is 4.73. The molecule has 0 aliphatic carbocycles. The lowest BCUT2D eigenvalue weighted by Gasteiger charge is -2.40. The summed E-state index contributed by atoms with van der Waals surface area (Å²) >= 11 is 0. The average molecular weight is 293 g/mol. The van der Waals surface area contributed by atoms with Gasteiger partial charge in [0, 0.05) is 12.6 Å². The lowest BCUT2D eigenvalue weighted by Crippen LogP contribution is -2.48. The summed E-state index contributed by atoms with van der Waals surface area (Å²) in [5.41, 5.74) is -0.0723. The maximum absolute atomic E-state index is 12.3. The molecule has 1 atom stereocenters. The first-order valence-corrected chi connectivity index (χ1v) is 7.46. The van der Waals surface area contributed by atoms with E-state index in [1.54, 1.807) is 0 Å². The second kappa shape index (κ2) is 6.35. The number of phenolic OH excluding ortho intramolecular Hbond substituents is 2. The number of hydrogen-bond donors (Lipinski definition) is 3. The summed E-state index contributed by atoms with van der Waals surface area (Å²) in [6.07, 6.45) is 3.35. The molecule has 0 spiro atoms. The van der Waals surface area contributed by atoms with Crippen LogP contribution in [-0.2, 0) is 4.74 Å². The van der Waals surface area contributed by atoms with E-state index in [1.165, 1.54) is 18.2 Å². The number of benzene rings is 1. The molecular weight excluding hydrogens is 270 g/mol. The maximum Gasteiger partial charge on any atom is 0.255 e. The number of ether oxygens (including phenoxy) is 1. The summed E-state index contributed by atoms with van der Waals surface area (Å²) in [6.45, 7) is 4.81. The molecule has 1 aromatic carbocycles. The molecule has 1 aliphatic heterocycles. The minimum atomic E-state index is -0.364. The molecular formula is C16H23NO4. The highest BCUT2D eigenvalue weighted by Crippen LogP contribution is 2.32. The Bertz CT molecular complexity index is 511. The number of carbonyl (C=O) groups is 1. The topological polar surface area (TPSA) is 78.8 Å². The van der Waals surface area contributed by atoms with E-state index in [4.69, 9.17) is 4.74 Å². The van der Waals surface area contributed by atoms with Crippen LogP contribution < -0.4 is 5.32 Å². The summed E-state index contributed by atoms with van der Waals surface area (Å²) in [5.74, 6) is -0.535. The molecule has 5 nitrogen and oxygen atoms in total. The summed E-state index contributed by atoms with van der Waals surface area (Å²) in [6, 6.07) is 3.96. The van der Waals surface area contributed by atoms with Crippen LogP contribution in [0.4, 0.5) is 0 Å². The van der Waals surface area contributed by atoms with E-state index in [1.807, 2.05) is 0 Å². The number of rotatable bonds is 4. The molecule has 1 aromatic rings. The largest absolute Gasteiger partial charge is 0.508 e. The molecule has 0 radical (unpaired) electrons. The van der Waals surface area contributed by atoms with Crippen molar-refractivity contribution in [3.63, 3.8) is 0 Å². The Hall–Kier alpha value is -1.75. The van der Waals surface area contributed by atoms with Crippen molar-refractivity contribution in [2.24, 2.45) is 0 Å². The number of aromatic hydroxyl groups is 2. The van der Waals surface area contributed by atoms with Crippen molar-refractivity contribution in [2.75, 3.05) is 6.61 Å². The van der Waals surface area contributed by atoms with Crippen LogP contribution in [0.3, 0.4) is 0 Å². The molecule has 1 amide bonds. The molecule has 1 saturated heterocycles. The highest BCUT2D eigenvalue weighted by atomic mass is 16.5. The van der Waals surface area contributed by atoms with Crippen molar-refractivity contribution in [3.05, 3.63) is 23.8 Å². The third-order valence-corrected chi connectivity index (χ3v) is 4.34. The number of nitrogens with one attached hydrogen (secondary N) is 1. The van der Waals surface area contributed by atoms with E-state index in [9.17, 15) is 15.0 Å². The van der Waals surface area contributed by atoms with Crippen LogP contribution in [0, 0.1) is 0 Å². The predicted molar refractivity (Wildman–Crippen MR) is 79.5 cm³/mol. The van der Waals surface area contributed by atoms with E-state index in [2.05, 4.69) is 19.2 Å². The van der Waals surface area contributed by atoms with Gasteiger partial charge in [-0.25, -0.2) is 0 Å². The third kappa shape index (κ3) is 3.47. The van der Waals surface area contributed by atoms with Gasteiger partial charge in [-0.2, -0.15) is 0 Å². The third-order valence-electron chi connectivity index (χ3n) is 4.34. The van der Waals surface area contributed by atoms with Crippen LogP contribution in [0.25, 0.3) is 0 Å². The molecule has 116 valence electrons. The SMILES string of the molecule is CCC1(CC)CC(NC(=O)c2cc(O)ccc2O)CCO1. The smallest absolute Gasteiger partial charge is 0.255 e. The van der Waals surface area contributed by atoms with E-state index < -0.39 is 0 Å². The van der Waals surface area contributed by atoms with Crippen molar-refractivity contribution in [1.29, 1.82) is 0 Å². The number of phenols is 2. The molecule has 0 saturated carbocycles. The van der Waals surface area contributed by atoms with Gasteiger partial charge in [-0.3, -0.25) is 4.79 Å². The molecule has 1 aliphatic rings. The first-order valence-electron chi connectivity index (χ1n) is 7.46. The Morgan fingerprint density at radius 1 is 1.38 bits per heavy atom. The summed E-state index contributed by atoms with van der Waals surface area (Å²) in [4.78, 5) is 12.3. The summed E-state index contributed by atoms with van der Waals surface area (Å²) in [5, 5.41) is 22.1. The van der Waals surface area contributed by atoms with Gasteiger partial charge in [0.1, 0.15) is 11.5 Å². The van der Waals surface area contributed by atoms with E-state index in [0.717, 1.165) is 25.7 Å². The Morgan fingerprint density at radius 3 is 2.76 bits per heavy atom. The van der Waals surface area contributed by atoms with Gasteiger partial charge in [0.2, 0.25) is 0 Å². The molecule has 1 fully saturated rings. The zero-order valence-electron chi connectivity index (χ0n) is 12.6. The number of carbonyl (C=O) groups excluding carboxylic acids is 1. The van der Waals surface area contributed by atoms with E-state index in [0.29, 0.717) is 6.61 Å². The quantitative estimate of drug-likeness (QED) is 0.745. The lowest BCUT2D eigenvalue weighted by atomic mass is 9.86. The van der Waals surface area contributed by atoms with E-state index in [-0.39, 0.29) is 34.6 Å². The summed E-state index contributed by atoms with van der Waals surface area (Å²) in [7, 11) is 0. The summed E-state index contributed by atoms with van der Waals surface area (Å²) < 4.78 is 5.88. The minimum absolute atomic E-state index is 0.0212. The normalized spacial score (nSPS) is 21.0. The van der Waals surface area contributed by atoms with Crippen molar-refractivity contribution >= 4 is 5.91 Å². The van der Waals surface area contributed by atoms with Crippen LogP contribution in [-0.4, -0.2) is 34.4 Å². The second-order valence-corrected chi connectivity index (χ2v) is 5.60. The standard InChI is InChI=1S/C16H23NO4/c1-3-16(4-2)10-11(7-8-21-16)17-15(20)13-9-12(18)5-6-14(13)19/h5-6,9,11,18-19H,3-4,7-8,10H2,1-2H3,(H,17,20). The first kappa shape index (κ1) is 15.6. The van der Waals surface area contributed by atoms with Gasteiger partial charge in [0.15, 0.2) is 0 Å². The van der Waals surface area contributed by atoms with Crippen LogP contribution in [0.1, 0.15) is 49.9 Å².